The Kier molecular flexibility index (Phi) is 39.0. The van der Waals surface area contributed by atoms with Crippen LogP contribution in [-0.4, -0.2) is 66.3 Å². The molecule has 0 rings (SSSR count). The summed E-state index contributed by atoms with van der Waals surface area (Å²) in [6.45, 7) is 3.29. The van der Waals surface area contributed by atoms with Crippen molar-refractivity contribution in [2.24, 2.45) is 0 Å². The summed E-state index contributed by atoms with van der Waals surface area (Å²) >= 11 is 0. The molecule has 0 aromatic rings. The Labute approximate surface area is 329 Å². The predicted molar refractivity (Wildman–Crippen MR) is 223 cm³/mol. The number of hydrogen-bond acceptors (Lipinski definition) is 8. The summed E-state index contributed by atoms with van der Waals surface area (Å²) in [5.74, 6) is -0.465. The fourth-order valence-electron chi connectivity index (χ4n) is 5.26. The van der Waals surface area contributed by atoms with E-state index in [4.69, 9.17) is 23.6 Å². The third-order valence-electron chi connectivity index (χ3n) is 8.42. The molecule has 0 saturated heterocycles. The summed E-state index contributed by atoms with van der Waals surface area (Å²) < 4.78 is 33.2. The Hall–Kier alpha value is -2.10. The molecule has 0 saturated carbocycles. The van der Waals surface area contributed by atoms with E-state index in [1.54, 1.807) is 0 Å². The van der Waals surface area contributed by atoms with Gasteiger partial charge in [0.1, 0.15) is 12.2 Å². The number of phosphoric acid groups is 1. The van der Waals surface area contributed by atoms with Crippen LogP contribution in [0.2, 0.25) is 0 Å². The van der Waals surface area contributed by atoms with E-state index in [1.165, 1.54) is 70.6 Å². The van der Waals surface area contributed by atoms with Crippen LogP contribution in [0.15, 0.2) is 72.9 Å². The lowest BCUT2D eigenvalue weighted by Crippen LogP contribution is -2.29. The van der Waals surface area contributed by atoms with Crippen molar-refractivity contribution in [3.05, 3.63) is 72.9 Å². The van der Waals surface area contributed by atoms with Crippen LogP contribution in [0.25, 0.3) is 0 Å². The van der Waals surface area contributed by atoms with E-state index in [-0.39, 0.29) is 13.0 Å². The third kappa shape index (κ3) is 39.6. The minimum absolute atomic E-state index is 0.0172. The standard InChI is InChI=1S/C44H77O9P/c1-3-5-7-9-11-13-15-17-19-20-21-22-23-24-26-28-30-32-34-36-44(47)53-43(41-52-54(48,49)51-39-42(46)38-45)40-50-37-35-33-31-29-27-25-18-16-14-12-10-8-6-4-2/h5,7,11,13,17,19,21-22,24,26,30,32,42-43,45-46H,3-4,6,8-10,12,14-16,18,20,23,25,27-29,31,33-41H2,1-2H3,(H,48,49)/b7-5-,13-11-,19-17-,22-21-,26-24-,32-30-. The zero-order valence-corrected chi connectivity index (χ0v) is 34.8. The summed E-state index contributed by atoms with van der Waals surface area (Å²) in [4.78, 5) is 22.5. The van der Waals surface area contributed by atoms with Crippen LogP contribution in [0.3, 0.4) is 0 Å². The molecule has 312 valence electrons. The molecule has 0 aliphatic rings. The highest BCUT2D eigenvalue weighted by molar-refractivity contribution is 7.47. The molecule has 0 amide bonds. The monoisotopic (exact) mass is 781 g/mol. The number of unbranched alkanes of at least 4 members (excludes halogenated alkanes) is 13. The van der Waals surface area contributed by atoms with Crippen LogP contribution in [0.4, 0.5) is 0 Å². The maximum Gasteiger partial charge on any atom is 0.472 e. The minimum Gasteiger partial charge on any atom is -0.457 e. The second-order valence-electron chi connectivity index (χ2n) is 13.6. The van der Waals surface area contributed by atoms with Crippen molar-refractivity contribution in [3.63, 3.8) is 0 Å². The fourth-order valence-corrected chi connectivity index (χ4v) is 6.05. The van der Waals surface area contributed by atoms with Crippen molar-refractivity contribution in [2.45, 2.75) is 167 Å². The Bertz CT molecular complexity index is 1070. The SMILES string of the molecule is CC/C=C\C/C=C\C/C=C\C/C=C\C/C=C\C/C=C\CCC(=O)OC(COCCCCCCCCCCCCCCCC)COP(=O)(O)OCC(O)CO. The van der Waals surface area contributed by atoms with Gasteiger partial charge in [0.05, 0.1) is 26.4 Å². The number of allylic oxidation sites excluding steroid dienone is 12. The largest absolute Gasteiger partial charge is 0.472 e. The maximum absolute atomic E-state index is 12.6. The van der Waals surface area contributed by atoms with E-state index >= 15 is 0 Å². The maximum atomic E-state index is 12.6. The minimum atomic E-state index is -4.54. The highest BCUT2D eigenvalue weighted by atomic mass is 31.2. The number of hydrogen-bond donors (Lipinski definition) is 3. The molecule has 3 N–H and O–H groups in total. The Morgan fingerprint density at radius 1 is 0.593 bits per heavy atom. The molecule has 3 unspecified atom stereocenters. The number of aliphatic hydroxyl groups excluding tert-OH is 2. The van der Waals surface area contributed by atoms with E-state index in [0.29, 0.717) is 13.0 Å². The quantitative estimate of drug-likeness (QED) is 0.0241. The zero-order chi connectivity index (χ0) is 39.6. The predicted octanol–water partition coefficient (Wildman–Crippen LogP) is 11.4. The van der Waals surface area contributed by atoms with Crippen LogP contribution < -0.4 is 0 Å². The van der Waals surface area contributed by atoms with Gasteiger partial charge in [0.15, 0.2) is 0 Å². The smallest absolute Gasteiger partial charge is 0.457 e. The summed E-state index contributed by atoms with van der Waals surface area (Å²) in [5, 5.41) is 18.3. The van der Waals surface area contributed by atoms with Gasteiger partial charge in [-0.2, -0.15) is 0 Å². The zero-order valence-electron chi connectivity index (χ0n) is 33.9. The molecule has 0 heterocycles. The van der Waals surface area contributed by atoms with Gasteiger partial charge in [0.25, 0.3) is 0 Å². The highest BCUT2D eigenvalue weighted by Crippen LogP contribution is 2.43. The number of phosphoric ester groups is 1. The molecule has 0 spiro atoms. The van der Waals surface area contributed by atoms with Gasteiger partial charge in [-0.05, 0) is 51.4 Å². The molecular weight excluding hydrogens is 703 g/mol. The molecule has 0 aliphatic heterocycles. The first-order valence-corrected chi connectivity index (χ1v) is 22.4. The van der Waals surface area contributed by atoms with E-state index in [2.05, 4.69) is 74.6 Å². The van der Waals surface area contributed by atoms with Gasteiger partial charge in [0, 0.05) is 13.0 Å². The number of aliphatic hydroxyl groups is 2. The van der Waals surface area contributed by atoms with Crippen molar-refractivity contribution in [2.75, 3.05) is 33.0 Å². The molecule has 54 heavy (non-hydrogen) atoms. The Morgan fingerprint density at radius 2 is 1.02 bits per heavy atom. The van der Waals surface area contributed by atoms with Crippen LogP contribution in [0, 0.1) is 0 Å². The van der Waals surface area contributed by atoms with Gasteiger partial charge in [0.2, 0.25) is 0 Å². The van der Waals surface area contributed by atoms with Crippen LogP contribution in [0.5, 0.6) is 0 Å². The second-order valence-corrected chi connectivity index (χ2v) is 15.1. The first-order chi connectivity index (χ1) is 26.3. The summed E-state index contributed by atoms with van der Waals surface area (Å²) in [6, 6.07) is 0. The number of carbonyl (C=O) groups is 1. The molecule has 9 nitrogen and oxygen atoms in total. The summed E-state index contributed by atoms with van der Waals surface area (Å²) in [7, 11) is -4.54. The first-order valence-electron chi connectivity index (χ1n) is 20.9. The Balaban J connectivity index is 4.34. The number of esters is 1. The van der Waals surface area contributed by atoms with Crippen LogP contribution in [0.1, 0.15) is 155 Å². The van der Waals surface area contributed by atoms with Gasteiger partial charge in [-0.15, -0.1) is 0 Å². The van der Waals surface area contributed by atoms with Crippen LogP contribution in [-0.2, 0) is 27.9 Å². The average molecular weight is 781 g/mol. The van der Waals surface area contributed by atoms with E-state index in [9.17, 15) is 19.4 Å². The lowest BCUT2D eigenvalue weighted by Gasteiger charge is -2.20. The van der Waals surface area contributed by atoms with Crippen LogP contribution >= 0.6 is 7.82 Å². The number of carbonyl (C=O) groups excluding carboxylic acids is 1. The number of ether oxygens (including phenoxy) is 2. The molecule has 0 aromatic carbocycles. The van der Waals surface area contributed by atoms with Crippen molar-refractivity contribution < 1.29 is 43.0 Å². The molecular formula is C44H77O9P. The van der Waals surface area contributed by atoms with Gasteiger partial charge >= 0.3 is 13.8 Å². The first kappa shape index (κ1) is 51.9. The van der Waals surface area contributed by atoms with E-state index in [0.717, 1.165) is 57.8 Å². The Morgan fingerprint density at radius 3 is 1.48 bits per heavy atom. The molecule has 0 radical (unpaired) electrons. The average Bonchev–Trinajstić information content (AvgIpc) is 3.16. The molecule has 0 fully saturated rings. The summed E-state index contributed by atoms with van der Waals surface area (Å²) in [6.07, 6.45) is 47.3. The van der Waals surface area contributed by atoms with Crippen molar-refractivity contribution in [1.29, 1.82) is 0 Å². The topological polar surface area (TPSA) is 132 Å². The van der Waals surface area contributed by atoms with Gasteiger partial charge < -0.3 is 24.6 Å². The normalized spacial score (nSPS) is 14.8. The lowest BCUT2D eigenvalue weighted by molar-refractivity contribution is -0.154. The molecule has 0 aromatic heterocycles. The number of rotatable bonds is 39. The second kappa shape index (κ2) is 40.6. The molecule has 3 atom stereocenters. The van der Waals surface area contributed by atoms with Gasteiger partial charge in [-0.25, -0.2) is 4.57 Å². The third-order valence-corrected chi connectivity index (χ3v) is 9.37. The van der Waals surface area contributed by atoms with Crippen molar-refractivity contribution >= 4 is 13.8 Å². The van der Waals surface area contributed by atoms with Gasteiger partial charge in [-0.1, -0.05) is 170 Å². The van der Waals surface area contributed by atoms with E-state index in [1.807, 2.05) is 12.2 Å². The van der Waals surface area contributed by atoms with Gasteiger partial charge in [-0.3, -0.25) is 13.8 Å². The molecule has 0 aliphatic carbocycles. The fraction of sp³-hybridized carbons (Fsp3) is 0.705. The van der Waals surface area contributed by atoms with E-state index < -0.39 is 45.8 Å². The summed E-state index contributed by atoms with van der Waals surface area (Å²) in [5.41, 5.74) is 0. The highest BCUT2D eigenvalue weighted by Gasteiger charge is 2.26. The molecule has 0 bridgehead atoms. The van der Waals surface area contributed by atoms with Crippen molar-refractivity contribution in [1.82, 2.24) is 0 Å². The van der Waals surface area contributed by atoms with Crippen molar-refractivity contribution in [3.8, 4) is 0 Å². The lowest BCUT2D eigenvalue weighted by atomic mass is 10.0. The molecule has 10 heteroatoms.